The van der Waals surface area contributed by atoms with Crippen molar-refractivity contribution in [2.75, 3.05) is 0 Å². The first-order valence-corrected chi connectivity index (χ1v) is 7.83. The van der Waals surface area contributed by atoms with Crippen molar-refractivity contribution < 1.29 is 22.7 Å². The van der Waals surface area contributed by atoms with E-state index in [0.29, 0.717) is 12.5 Å². The van der Waals surface area contributed by atoms with Crippen molar-refractivity contribution in [3.8, 4) is 0 Å². The number of halogens is 1. The zero-order valence-electron chi connectivity index (χ0n) is 11.1. The molecule has 1 N–H and O–H groups in total. The summed E-state index contributed by atoms with van der Waals surface area (Å²) < 4.78 is 38.0. The van der Waals surface area contributed by atoms with Gasteiger partial charge in [-0.05, 0) is 24.6 Å². The largest absolute Gasteiger partial charge is 0.476 e. The molecule has 6 heteroatoms. The maximum Gasteiger partial charge on any atom is 0.364 e. The highest BCUT2D eigenvalue weighted by Gasteiger charge is 2.26. The summed E-state index contributed by atoms with van der Waals surface area (Å²) in [5.74, 6) is -3.19. The molecule has 110 valence electrons. The number of unbranched alkanes of at least 4 members (excludes halogenated alkanes) is 1. The van der Waals surface area contributed by atoms with Gasteiger partial charge in [-0.15, -0.1) is 0 Å². The van der Waals surface area contributed by atoms with Crippen molar-refractivity contribution in [3.05, 3.63) is 42.2 Å². The number of hydrogen-bond acceptors (Lipinski definition) is 3. The van der Waals surface area contributed by atoms with Gasteiger partial charge in [0, 0.05) is 0 Å². The van der Waals surface area contributed by atoms with Crippen molar-refractivity contribution in [2.45, 2.75) is 36.3 Å². The summed E-state index contributed by atoms with van der Waals surface area (Å²) in [5.41, 5.74) is 0. The van der Waals surface area contributed by atoms with Crippen LogP contribution in [0.3, 0.4) is 0 Å². The van der Waals surface area contributed by atoms with Gasteiger partial charge in [0.05, 0.1) is 10.1 Å². The average molecular weight is 300 g/mol. The minimum atomic E-state index is -3.78. The average Bonchev–Trinajstić information content (AvgIpc) is 2.43. The summed E-state index contributed by atoms with van der Waals surface area (Å²) in [7, 11) is -3.78. The van der Waals surface area contributed by atoms with Crippen LogP contribution < -0.4 is 0 Å². The SMILES string of the molecule is CCCCC(/C=C(\F)C(=O)O)S(=O)(=O)c1ccccc1. The minimum Gasteiger partial charge on any atom is -0.476 e. The predicted octanol–water partition coefficient (Wildman–Crippen LogP) is 2.96. The van der Waals surface area contributed by atoms with E-state index in [1.165, 1.54) is 12.1 Å². The Labute approximate surface area is 117 Å². The zero-order valence-corrected chi connectivity index (χ0v) is 11.9. The number of carbonyl (C=O) groups is 1. The summed E-state index contributed by atoms with van der Waals surface area (Å²) in [6, 6.07) is 7.65. The molecule has 0 fully saturated rings. The highest BCUT2D eigenvalue weighted by Crippen LogP contribution is 2.22. The molecule has 0 aromatic heterocycles. The van der Waals surface area contributed by atoms with Gasteiger partial charge >= 0.3 is 5.97 Å². The summed E-state index contributed by atoms with van der Waals surface area (Å²) in [6.07, 6.45) is 2.18. The van der Waals surface area contributed by atoms with Crippen LogP contribution in [0.25, 0.3) is 0 Å². The molecule has 20 heavy (non-hydrogen) atoms. The normalized spacial score (nSPS) is 14.0. The van der Waals surface area contributed by atoms with Crippen LogP contribution in [0, 0.1) is 0 Å². The van der Waals surface area contributed by atoms with Crippen LogP contribution in [0.4, 0.5) is 4.39 Å². The van der Waals surface area contributed by atoms with E-state index in [0.717, 1.165) is 6.42 Å². The third-order valence-corrected chi connectivity index (χ3v) is 4.95. The Bertz CT molecular complexity index is 578. The molecule has 0 amide bonds. The van der Waals surface area contributed by atoms with E-state index in [1.54, 1.807) is 18.2 Å². The quantitative estimate of drug-likeness (QED) is 0.786. The van der Waals surface area contributed by atoms with Crippen molar-refractivity contribution in [1.82, 2.24) is 0 Å². The van der Waals surface area contributed by atoms with Crippen molar-refractivity contribution in [2.24, 2.45) is 0 Å². The van der Waals surface area contributed by atoms with Crippen LogP contribution in [0.1, 0.15) is 26.2 Å². The van der Waals surface area contributed by atoms with E-state index in [-0.39, 0.29) is 11.3 Å². The minimum absolute atomic E-state index is 0.0653. The van der Waals surface area contributed by atoms with Gasteiger partial charge in [0.25, 0.3) is 0 Å². The third kappa shape index (κ3) is 4.16. The second-order valence-electron chi connectivity index (χ2n) is 4.36. The second kappa shape index (κ2) is 7.19. The number of hydrogen-bond donors (Lipinski definition) is 1. The maximum atomic E-state index is 13.2. The molecule has 1 rings (SSSR count). The number of benzene rings is 1. The van der Waals surface area contributed by atoms with Gasteiger partial charge in [-0.1, -0.05) is 38.0 Å². The number of aliphatic carboxylic acids is 1. The fourth-order valence-electron chi connectivity index (χ4n) is 1.75. The van der Waals surface area contributed by atoms with E-state index in [2.05, 4.69) is 0 Å². The van der Waals surface area contributed by atoms with Crippen molar-refractivity contribution >= 4 is 15.8 Å². The molecular formula is C14H17FO4S. The van der Waals surface area contributed by atoms with Gasteiger partial charge < -0.3 is 5.11 Å². The smallest absolute Gasteiger partial charge is 0.364 e. The van der Waals surface area contributed by atoms with Crippen LogP contribution in [0.15, 0.2) is 47.1 Å². The summed E-state index contributed by atoms with van der Waals surface area (Å²) in [6.45, 7) is 1.88. The molecule has 0 aliphatic carbocycles. The summed E-state index contributed by atoms with van der Waals surface area (Å²) in [5, 5.41) is 7.39. The van der Waals surface area contributed by atoms with Gasteiger partial charge in [-0.25, -0.2) is 13.2 Å². The van der Waals surface area contributed by atoms with Crippen molar-refractivity contribution in [3.63, 3.8) is 0 Å². The Morgan fingerprint density at radius 1 is 1.35 bits per heavy atom. The maximum absolute atomic E-state index is 13.2. The topological polar surface area (TPSA) is 71.4 Å². The lowest BCUT2D eigenvalue weighted by Crippen LogP contribution is -2.20. The van der Waals surface area contributed by atoms with Gasteiger partial charge in [-0.3, -0.25) is 0 Å². The second-order valence-corrected chi connectivity index (χ2v) is 6.53. The van der Waals surface area contributed by atoms with Crippen LogP contribution in [0.2, 0.25) is 0 Å². The Hall–Kier alpha value is -1.69. The van der Waals surface area contributed by atoms with Crippen LogP contribution >= 0.6 is 0 Å². The molecular weight excluding hydrogens is 283 g/mol. The molecule has 0 heterocycles. The Kier molecular flexibility index (Phi) is 5.88. The molecule has 1 aromatic carbocycles. The highest BCUT2D eigenvalue weighted by atomic mass is 32.2. The molecule has 1 unspecified atom stereocenters. The molecule has 0 aliphatic rings. The fourth-order valence-corrected chi connectivity index (χ4v) is 3.41. The summed E-state index contributed by atoms with van der Waals surface area (Å²) in [4.78, 5) is 10.6. The van der Waals surface area contributed by atoms with E-state index in [9.17, 15) is 17.6 Å². The molecule has 4 nitrogen and oxygen atoms in total. The number of carboxylic acids is 1. The number of rotatable bonds is 7. The van der Waals surface area contributed by atoms with Gasteiger partial charge in [0.15, 0.2) is 9.84 Å². The first-order chi connectivity index (χ1) is 9.39. The van der Waals surface area contributed by atoms with E-state index < -0.39 is 26.9 Å². The summed E-state index contributed by atoms with van der Waals surface area (Å²) >= 11 is 0. The van der Waals surface area contributed by atoms with Crippen LogP contribution in [-0.2, 0) is 14.6 Å². The number of sulfone groups is 1. The standard InChI is InChI=1S/C14H17FO4S/c1-2-3-7-12(10-13(15)14(16)17)20(18,19)11-8-5-4-6-9-11/h4-6,8-10,12H,2-3,7H2,1H3,(H,16,17)/b13-10-. The highest BCUT2D eigenvalue weighted by molar-refractivity contribution is 7.92. The first kappa shape index (κ1) is 16.4. The molecule has 0 bridgehead atoms. The van der Waals surface area contributed by atoms with Gasteiger partial charge in [0.1, 0.15) is 0 Å². The van der Waals surface area contributed by atoms with E-state index in [1.807, 2.05) is 6.92 Å². The molecule has 0 aliphatic heterocycles. The van der Waals surface area contributed by atoms with Gasteiger partial charge in [-0.2, -0.15) is 4.39 Å². The molecule has 1 aromatic rings. The Morgan fingerprint density at radius 2 is 1.95 bits per heavy atom. The molecule has 0 saturated carbocycles. The molecule has 0 saturated heterocycles. The van der Waals surface area contributed by atoms with E-state index >= 15 is 0 Å². The van der Waals surface area contributed by atoms with Crippen LogP contribution in [-0.4, -0.2) is 24.7 Å². The zero-order chi connectivity index (χ0) is 15.2. The fraction of sp³-hybridized carbons (Fsp3) is 0.357. The lowest BCUT2D eigenvalue weighted by Gasteiger charge is -2.13. The van der Waals surface area contributed by atoms with Crippen molar-refractivity contribution in [1.29, 1.82) is 0 Å². The Balaban J connectivity index is 3.17. The monoisotopic (exact) mass is 300 g/mol. The lowest BCUT2D eigenvalue weighted by molar-refractivity contribution is -0.134. The molecule has 0 radical (unpaired) electrons. The van der Waals surface area contributed by atoms with E-state index in [4.69, 9.17) is 5.11 Å². The van der Waals surface area contributed by atoms with Gasteiger partial charge in [0.2, 0.25) is 5.83 Å². The Morgan fingerprint density at radius 3 is 2.45 bits per heavy atom. The van der Waals surface area contributed by atoms with Crippen LogP contribution in [0.5, 0.6) is 0 Å². The first-order valence-electron chi connectivity index (χ1n) is 6.29. The predicted molar refractivity (Wildman–Crippen MR) is 73.8 cm³/mol. The third-order valence-electron chi connectivity index (χ3n) is 2.85. The molecule has 1 atom stereocenters. The number of carboxylic acid groups (broad SMARTS) is 1. The lowest BCUT2D eigenvalue weighted by atomic mass is 10.2. The molecule has 0 spiro atoms.